The number of carboxylic acid groups (broad SMARTS) is 1. The van der Waals surface area contributed by atoms with E-state index in [9.17, 15) is 4.79 Å². The number of halogens is 1. The monoisotopic (exact) mass is 296 g/mol. The lowest BCUT2D eigenvalue weighted by Gasteiger charge is -1.92. The molecule has 0 saturated heterocycles. The first-order chi connectivity index (χ1) is 7.66. The standard InChI is InChI=1S/C10H5BrN2O2S/c11-5-2-1-3-7-8(5)16-10-12-6(9(14)15)4-13(7)10/h1-4H,(H,14,15). The molecule has 0 unspecified atom stereocenters. The Morgan fingerprint density at radius 1 is 1.50 bits per heavy atom. The number of benzene rings is 1. The van der Waals surface area contributed by atoms with Gasteiger partial charge in [0.2, 0.25) is 0 Å². The molecule has 0 aliphatic heterocycles. The molecule has 2 aromatic heterocycles. The van der Waals surface area contributed by atoms with Gasteiger partial charge in [-0.05, 0) is 28.1 Å². The highest BCUT2D eigenvalue weighted by Gasteiger charge is 2.13. The Labute approximate surface area is 102 Å². The van der Waals surface area contributed by atoms with Gasteiger partial charge in [-0.2, -0.15) is 0 Å². The third-order valence-electron chi connectivity index (χ3n) is 2.29. The zero-order valence-electron chi connectivity index (χ0n) is 7.85. The largest absolute Gasteiger partial charge is 0.476 e. The Hall–Kier alpha value is -1.40. The van der Waals surface area contributed by atoms with Crippen LogP contribution >= 0.6 is 27.3 Å². The van der Waals surface area contributed by atoms with E-state index < -0.39 is 5.97 Å². The van der Waals surface area contributed by atoms with E-state index in [4.69, 9.17) is 5.11 Å². The minimum Gasteiger partial charge on any atom is -0.476 e. The smallest absolute Gasteiger partial charge is 0.356 e. The van der Waals surface area contributed by atoms with E-state index in [0.717, 1.165) is 14.7 Å². The molecule has 0 spiro atoms. The molecule has 1 aromatic carbocycles. The zero-order valence-corrected chi connectivity index (χ0v) is 10.2. The minimum absolute atomic E-state index is 0.0770. The second kappa shape index (κ2) is 3.29. The van der Waals surface area contributed by atoms with Crippen LogP contribution in [0.4, 0.5) is 0 Å². The Balaban J connectivity index is 2.43. The molecule has 0 aliphatic carbocycles. The third-order valence-corrected chi connectivity index (χ3v) is 4.32. The molecular weight excluding hydrogens is 292 g/mol. The number of carboxylic acids is 1. The van der Waals surface area contributed by atoms with Crippen molar-refractivity contribution in [2.45, 2.75) is 0 Å². The summed E-state index contributed by atoms with van der Waals surface area (Å²) >= 11 is 4.93. The summed E-state index contributed by atoms with van der Waals surface area (Å²) in [5.41, 5.74) is 1.04. The van der Waals surface area contributed by atoms with E-state index in [-0.39, 0.29) is 5.69 Å². The Morgan fingerprint density at radius 2 is 2.31 bits per heavy atom. The van der Waals surface area contributed by atoms with Crippen molar-refractivity contribution in [1.29, 1.82) is 0 Å². The SMILES string of the molecule is O=C(O)c1cn2c(n1)sc1c(Br)cccc12. The number of fused-ring (bicyclic) bond motifs is 3. The topological polar surface area (TPSA) is 54.6 Å². The lowest BCUT2D eigenvalue weighted by molar-refractivity contribution is 0.0691. The first kappa shape index (κ1) is 9.80. The van der Waals surface area contributed by atoms with Gasteiger partial charge in [0.25, 0.3) is 0 Å². The molecule has 3 aromatic rings. The van der Waals surface area contributed by atoms with Crippen molar-refractivity contribution in [3.8, 4) is 0 Å². The molecule has 80 valence electrons. The molecule has 3 rings (SSSR count). The highest BCUT2D eigenvalue weighted by atomic mass is 79.9. The lowest BCUT2D eigenvalue weighted by atomic mass is 10.3. The zero-order chi connectivity index (χ0) is 11.3. The van der Waals surface area contributed by atoms with Gasteiger partial charge in [-0.1, -0.05) is 17.4 Å². The number of hydrogen-bond donors (Lipinski definition) is 1. The lowest BCUT2D eigenvalue weighted by Crippen LogP contribution is -1.95. The Morgan fingerprint density at radius 3 is 3.06 bits per heavy atom. The van der Waals surface area contributed by atoms with E-state index in [2.05, 4.69) is 20.9 Å². The van der Waals surface area contributed by atoms with E-state index in [0.29, 0.717) is 4.96 Å². The number of carbonyl (C=O) groups is 1. The first-order valence-corrected chi connectivity index (χ1v) is 6.07. The van der Waals surface area contributed by atoms with Crippen molar-refractivity contribution < 1.29 is 9.90 Å². The molecule has 0 bridgehead atoms. The van der Waals surface area contributed by atoms with Crippen LogP contribution in [0.15, 0.2) is 28.9 Å². The van der Waals surface area contributed by atoms with Crippen LogP contribution in [0.1, 0.15) is 10.5 Å². The van der Waals surface area contributed by atoms with Crippen molar-refractivity contribution in [1.82, 2.24) is 9.38 Å². The molecule has 1 N–H and O–H groups in total. The summed E-state index contributed by atoms with van der Waals surface area (Å²) in [6, 6.07) is 5.81. The van der Waals surface area contributed by atoms with Crippen molar-refractivity contribution in [3.63, 3.8) is 0 Å². The molecule has 0 radical (unpaired) electrons. The maximum atomic E-state index is 10.8. The number of nitrogens with zero attached hydrogens (tertiary/aromatic N) is 2. The molecule has 16 heavy (non-hydrogen) atoms. The fourth-order valence-corrected chi connectivity index (χ4v) is 3.20. The van der Waals surface area contributed by atoms with Gasteiger partial charge in [0.15, 0.2) is 10.7 Å². The highest BCUT2D eigenvalue weighted by molar-refractivity contribution is 9.10. The summed E-state index contributed by atoms with van der Waals surface area (Å²) in [6.45, 7) is 0. The van der Waals surface area contributed by atoms with Gasteiger partial charge in [-0.25, -0.2) is 9.78 Å². The fourth-order valence-electron chi connectivity index (χ4n) is 1.59. The van der Waals surface area contributed by atoms with Gasteiger partial charge in [0.05, 0.1) is 10.2 Å². The summed E-state index contributed by atoms with van der Waals surface area (Å²) in [4.78, 5) is 15.5. The highest BCUT2D eigenvalue weighted by Crippen LogP contribution is 2.32. The summed E-state index contributed by atoms with van der Waals surface area (Å²) in [5.74, 6) is -1.00. The number of rotatable bonds is 1. The summed E-state index contributed by atoms with van der Waals surface area (Å²) in [5, 5.41) is 8.85. The van der Waals surface area contributed by atoms with Gasteiger partial charge in [0.1, 0.15) is 0 Å². The van der Waals surface area contributed by atoms with Gasteiger partial charge in [-0.3, -0.25) is 4.40 Å². The first-order valence-electron chi connectivity index (χ1n) is 4.46. The average Bonchev–Trinajstić information content (AvgIpc) is 2.76. The molecule has 6 heteroatoms. The van der Waals surface area contributed by atoms with Crippen LogP contribution in [0, 0.1) is 0 Å². The minimum atomic E-state index is -1.00. The number of aromatic carboxylic acids is 1. The Bertz CT molecular complexity index is 716. The van der Waals surface area contributed by atoms with E-state index in [1.54, 1.807) is 10.6 Å². The summed E-state index contributed by atoms with van der Waals surface area (Å²) < 4.78 is 3.87. The van der Waals surface area contributed by atoms with Crippen LogP contribution in [0.3, 0.4) is 0 Å². The van der Waals surface area contributed by atoms with Gasteiger partial charge < -0.3 is 5.11 Å². The fraction of sp³-hybridized carbons (Fsp3) is 0. The van der Waals surface area contributed by atoms with Crippen LogP contribution in [0.5, 0.6) is 0 Å². The number of thiazole rings is 1. The van der Waals surface area contributed by atoms with Crippen LogP contribution in [0.25, 0.3) is 15.2 Å². The predicted molar refractivity (Wildman–Crippen MR) is 65.2 cm³/mol. The molecule has 0 amide bonds. The van der Waals surface area contributed by atoms with Crippen molar-refractivity contribution >= 4 is 48.4 Å². The van der Waals surface area contributed by atoms with Crippen molar-refractivity contribution in [2.75, 3.05) is 0 Å². The molecule has 0 aliphatic rings. The normalized spacial score (nSPS) is 11.3. The van der Waals surface area contributed by atoms with Crippen LogP contribution in [-0.2, 0) is 0 Å². The van der Waals surface area contributed by atoms with Crippen LogP contribution in [-0.4, -0.2) is 20.5 Å². The van der Waals surface area contributed by atoms with Crippen LogP contribution in [0.2, 0.25) is 0 Å². The van der Waals surface area contributed by atoms with E-state index in [1.807, 2.05) is 18.2 Å². The van der Waals surface area contributed by atoms with E-state index >= 15 is 0 Å². The van der Waals surface area contributed by atoms with Gasteiger partial charge >= 0.3 is 5.97 Å². The Kier molecular flexibility index (Phi) is 2.02. The third kappa shape index (κ3) is 1.27. The maximum Gasteiger partial charge on any atom is 0.356 e. The summed E-state index contributed by atoms with van der Waals surface area (Å²) in [7, 11) is 0. The quantitative estimate of drug-likeness (QED) is 0.751. The molecule has 0 saturated carbocycles. The molecule has 0 atom stereocenters. The second-order valence-electron chi connectivity index (χ2n) is 3.27. The predicted octanol–water partition coefficient (Wildman–Crippen LogP) is 3.01. The van der Waals surface area contributed by atoms with Gasteiger partial charge in [-0.15, -0.1) is 0 Å². The van der Waals surface area contributed by atoms with Gasteiger partial charge in [0, 0.05) is 10.7 Å². The molecule has 2 heterocycles. The van der Waals surface area contributed by atoms with Crippen LogP contribution < -0.4 is 0 Å². The second-order valence-corrected chi connectivity index (χ2v) is 5.11. The average molecular weight is 297 g/mol. The van der Waals surface area contributed by atoms with Crippen molar-refractivity contribution in [3.05, 3.63) is 34.6 Å². The van der Waals surface area contributed by atoms with Crippen molar-refractivity contribution in [2.24, 2.45) is 0 Å². The maximum absolute atomic E-state index is 10.8. The molecular formula is C10H5BrN2O2S. The number of aromatic nitrogens is 2. The summed E-state index contributed by atoms with van der Waals surface area (Å²) in [6.07, 6.45) is 1.54. The molecule has 4 nitrogen and oxygen atoms in total. The van der Waals surface area contributed by atoms with E-state index in [1.165, 1.54) is 11.3 Å². The number of imidazole rings is 1. The molecule has 0 fully saturated rings. The number of hydrogen-bond acceptors (Lipinski definition) is 3.